The number of rotatable bonds is 8. The molecule has 4 aromatic carbocycles. The van der Waals surface area contributed by atoms with Gasteiger partial charge in [0.15, 0.2) is 23.0 Å². The van der Waals surface area contributed by atoms with Crippen LogP contribution in [0.15, 0.2) is 60.7 Å². The predicted octanol–water partition coefficient (Wildman–Crippen LogP) is 7.57. The molecule has 12 heteroatoms. The van der Waals surface area contributed by atoms with E-state index < -0.39 is 11.9 Å². The highest BCUT2D eigenvalue weighted by Gasteiger charge is 2.21. The van der Waals surface area contributed by atoms with Crippen LogP contribution in [-0.2, 0) is 19.2 Å². The van der Waals surface area contributed by atoms with E-state index in [2.05, 4.69) is 0 Å². The van der Waals surface area contributed by atoms with Gasteiger partial charge in [0.2, 0.25) is 0 Å². The zero-order chi connectivity index (χ0) is 39.1. The van der Waals surface area contributed by atoms with Crippen LogP contribution in [0.3, 0.4) is 0 Å². The highest BCUT2D eigenvalue weighted by Crippen LogP contribution is 2.41. The third kappa shape index (κ3) is 9.08. The monoisotopic (exact) mass is 736 g/mol. The van der Waals surface area contributed by atoms with Gasteiger partial charge < -0.3 is 37.9 Å². The molecule has 0 aromatic heterocycles. The second-order valence-corrected chi connectivity index (χ2v) is 12.2. The Hall–Kier alpha value is -6.56. The lowest BCUT2D eigenvalue weighted by Crippen LogP contribution is -2.10. The van der Waals surface area contributed by atoms with Crippen molar-refractivity contribution in [2.75, 3.05) is 27.4 Å². The molecule has 0 saturated heterocycles. The third-order valence-corrected chi connectivity index (χ3v) is 8.26. The normalized spacial score (nSPS) is 12.4. The van der Waals surface area contributed by atoms with E-state index in [1.165, 1.54) is 41.9 Å². The fourth-order valence-corrected chi connectivity index (χ4v) is 5.84. The summed E-state index contributed by atoms with van der Waals surface area (Å²) in [5.41, 5.74) is 7.05. The maximum absolute atomic E-state index is 11.2. The van der Waals surface area contributed by atoms with E-state index in [9.17, 15) is 19.2 Å². The number of hydrogen-bond acceptors (Lipinski definition) is 12. The van der Waals surface area contributed by atoms with Crippen LogP contribution in [-0.4, -0.2) is 51.3 Å². The molecule has 0 bridgehead atoms. The van der Waals surface area contributed by atoms with Crippen LogP contribution >= 0.6 is 0 Å². The second kappa shape index (κ2) is 16.8. The van der Waals surface area contributed by atoms with E-state index in [1.54, 1.807) is 36.4 Å². The zero-order valence-corrected chi connectivity index (χ0v) is 31.2. The summed E-state index contributed by atoms with van der Waals surface area (Å²) >= 11 is 0. The van der Waals surface area contributed by atoms with E-state index in [-0.39, 0.29) is 11.9 Å². The fourth-order valence-electron chi connectivity index (χ4n) is 5.84. The molecule has 0 fully saturated rings. The number of carbonyl (C=O) groups excluding carboxylic acids is 4. The van der Waals surface area contributed by atoms with Crippen LogP contribution in [0.1, 0.15) is 61.1 Å². The molecule has 12 nitrogen and oxygen atoms in total. The molecule has 0 amide bonds. The molecule has 280 valence electrons. The summed E-state index contributed by atoms with van der Waals surface area (Å²) < 4.78 is 43.2. The van der Waals surface area contributed by atoms with Crippen molar-refractivity contribution in [1.29, 1.82) is 0 Å². The van der Waals surface area contributed by atoms with Gasteiger partial charge in [-0.05, 0) is 96.8 Å². The summed E-state index contributed by atoms with van der Waals surface area (Å²) in [7, 11) is 3.04. The second-order valence-electron chi connectivity index (χ2n) is 12.2. The average molecular weight is 737 g/mol. The molecule has 0 saturated carbocycles. The number of carbonyl (C=O) groups is 4. The summed E-state index contributed by atoms with van der Waals surface area (Å²) in [5.74, 6) is 2.49. The molecular weight excluding hydrogens is 696 g/mol. The Balaban J connectivity index is 0.000000208. The first kappa shape index (κ1) is 38.7. The molecule has 54 heavy (non-hydrogen) atoms. The van der Waals surface area contributed by atoms with Crippen LogP contribution < -0.4 is 37.9 Å². The van der Waals surface area contributed by atoms with Gasteiger partial charge in [-0.3, -0.25) is 19.2 Å². The largest absolute Gasteiger partial charge is 0.493 e. The minimum Gasteiger partial charge on any atom is -0.493 e. The van der Waals surface area contributed by atoms with Crippen molar-refractivity contribution >= 4 is 47.2 Å². The van der Waals surface area contributed by atoms with Gasteiger partial charge in [0.25, 0.3) is 0 Å². The minimum absolute atomic E-state index is 0.355. The van der Waals surface area contributed by atoms with Gasteiger partial charge in [-0.1, -0.05) is 12.1 Å². The number of fused-ring (bicyclic) bond motifs is 2. The van der Waals surface area contributed by atoms with Crippen LogP contribution in [0, 0.1) is 13.8 Å². The van der Waals surface area contributed by atoms with Crippen molar-refractivity contribution in [2.45, 2.75) is 41.5 Å². The highest BCUT2D eigenvalue weighted by atomic mass is 16.6. The minimum atomic E-state index is -0.408. The molecule has 0 aliphatic carbocycles. The average Bonchev–Trinajstić information content (AvgIpc) is 3.13. The molecule has 2 heterocycles. The molecule has 2 aliphatic rings. The summed E-state index contributed by atoms with van der Waals surface area (Å²) in [4.78, 5) is 44.8. The number of esters is 4. The standard InChI is InChI=1S/2C21H20O6/c2*1-12-18(26-13(2)22)7-6-16-9-17(11-25-21(12)16)15-5-8-19(27-14(3)23)20(10-15)24-4/h2*5-10H,11H2,1-4H3. The maximum atomic E-state index is 11.2. The Bertz CT molecular complexity index is 2040. The number of methoxy groups -OCH3 is 2. The Morgan fingerprint density at radius 2 is 0.815 bits per heavy atom. The lowest BCUT2D eigenvalue weighted by atomic mass is 9.98. The van der Waals surface area contributed by atoms with E-state index in [1.807, 2.05) is 50.3 Å². The Labute approximate surface area is 312 Å². The summed E-state index contributed by atoms with van der Waals surface area (Å²) in [6, 6.07) is 17.9. The van der Waals surface area contributed by atoms with E-state index in [0.29, 0.717) is 59.2 Å². The molecule has 0 N–H and O–H groups in total. The number of ether oxygens (including phenoxy) is 8. The van der Waals surface area contributed by atoms with Gasteiger partial charge in [0.05, 0.1) is 14.2 Å². The molecule has 2 aliphatic heterocycles. The smallest absolute Gasteiger partial charge is 0.308 e. The summed E-state index contributed by atoms with van der Waals surface area (Å²) in [5, 5.41) is 0. The quantitative estimate of drug-likeness (QED) is 0.130. The lowest BCUT2D eigenvalue weighted by Gasteiger charge is -2.22. The molecule has 6 rings (SSSR count). The third-order valence-electron chi connectivity index (χ3n) is 8.26. The topological polar surface area (TPSA) is 142 Å². The van der Waals surface area contributed by atoms with Crippen LogP contribution in [0.4, 0.5) is 0 Å². The van der Waals surface area contributed by atoms with Crippen molar-refractivity contribution in [3.05, 3.63) is 94.0 Å². The molecular formula is C42H40O12. The molecule has 0 radical (unpaired) electrons. The Kier molecular flexibility index (Phi) is 12.1. The Morgan fingerprint density at radius 1 is 0.481 bits per heavy atom. The maximum Gasteiger partial charge on any atom is 0.308 e. The van der Waals surface area contributed by atoms with Crippen molar-refractivity contribution in [1.82, 2.24) is 0 Å². The van der Waals surface area contributed by atoms with Gasteiger partial charge in [0.1, 0.15) is 36.2 Å². The van der Waals surface area contributed by atoms with E-state index >= 15 is 0 Å². The van der Waals surface area contributed by atoms with Gasteiger partial charge in [-0.2, -0.15) is 0 Å². The van der Waals surface area contributed by atoms with Gasteiger partial charge >= 0.3 is 23.9 Å². The van der Waals surface area contributed by atoms with E-state index in [4.69, 9.17) is 37.9 Å². The first-order chi connectivity index (χ1) is 25.8. The number of benzene rings is 4. The first-order valence-corrected chi connectivity index (χ1v) is 16.8. The van der Waals surface area contributed by atoms with Gasteiger partial charge in [-0.25, -0.2) is 0 Å². The summed E-state index contributed by atoms with van der Waals surface area (Å²) in [6.45, 7) is 9.83. The molecule has 0 spiro atoms. The van der Waals surface area contributed by atoms with E-state index in [0.717, 1.165) is 44.5 Å². The SMILES string of the molecule is COc1cc(C2=Cc3ccc(OC(C)=O)c(C)c3OC2)ccc1OC(C)=O.COc1cc(C2=Cc3ccc(OC(C)=O)c(C)c3OC2)ccc1OC(C)=O. The molecule has 4 aromatic rings. The Morgan fingerprint density at radius 3 is 1.15 bits per heavy atom. The fraction of sp³-hybridized carbons (Fsp3) is 0.238. The number of hydrogen-bond donors (Lipinski definition) is 0. The molecule has 0 unspecified atom stereocenters. The van der Waals surface area contributed by atoms with Crippen LogP contribution in [0.25, 0.3) is 23.3 Å². The van der Waals surface area contributed by atoms with Crippen molar-refractivity contribution in [2.24, 2.45) is 0 Å². The predicted molar refractivity (Wildman–Crippen MR) is 200 cm³/mol. The van der Waals surface area contributed by atoms with Gasteiger partial charge in [0, 0.05) is 49.9 Å². The molecule has 0 atom stereocenters. The lowest BCUT2D eigenvalue weighted by molar-refractivity contribution is -0.132. The van der Waals surface area contributed by atoms with Crippen molar-refractivity contribution < 1.29 is 57.1 Å². The highest BCUT2D eigenvalue weighted by molar-refractivity contribution is 5.89. The van der Waals surface area contributed by atoms with Gasteiger partial charge in [-0.15, -0.1) is 0 Å². The van der Waals surface area contributed by atoms with Crippen LogP contribution in [0.5, 0.6) is 46.0 Å². The van der Waals surface area contributed by atoms with Crippen molar-refractivity contribution in [3.8, 4) is 46.0 Å². The first-order valence-electron chi connectivity index (χ1n) is 16.8. The summed E-state index contributed by atoms with van der Waals surface area (Å²) in [6.07, 6.45) is 4.04. The van der Waals surface area contributed by atoms with Crippen LogP contribution in [0.2, 0.25) is 0 Å². The van der Waals surface area contributed by atoms with Crippen molar-refractivity contribution in [3.63, 3.8) is 0 Å². The zero-order valence-electron chi connectivity index (χ0n) is 31.2.